The highest BCUT2D eigenvalue weighted by Crippen LogP contribution is 2.42. The van der Waals surface area contributed by atoms with Crippen molar-refractivity contribution in [3.05, 3.63) is 42.1 Å². The minimum absolute atomic E-state index is 0.0309. The topological polar surface area (TPSA) is 129 Å². The Hall–Kier alpha value is -3.48. The van der Waals surface area contributed by atoms with E-state index in [4.69, 9.17) is 20.4 Å². The van der Waals surface area contributed by atoms with Gasteiger partial charge in [0.25, 0.3) is 5.91 Å². The van der Waals surface area contributed by atoms with Gasteiger partial charge in [-0.15, -0.1) is 0 Å². The third-order valence-electron chi connectivity index (χ3n) is 10.1. The number of rotatable bonds is 8. The van der Waals surface area contributed by atoms with Gasteiger partial charge in [-0.1, -0.05) is 0 Å². The van der Waals surface area contributed by atoms with E-state index in [1.807, 2.05) is 29.3 Å². The molecule has 11 nitrogen and oxygen atoms in total. The molecule has 3 aromatic heterocycles. The highest BCUT2D eigenvalue weighted by atomic mass is 32.2. The lowest BCUT2D eigenvalue weighted by atomic mass is 10.1. The molecule has 1 aromatic carbocycles. The van der Waals surface area contributed by atoms with Crippen LogP contribution in [0, 0.1) is 11.8 Å². The molecule has 1 amide bonds. The van der Waals surface area contributed by atoms with Gasteiger partial charge < -0.3 is 24.5 Å². The number of aromatic nitrogens is 4. The van der Waals surface area contributed by atoms with Crippen LogP contribution in [-0.4, -0.2) is 87.2 Å². The summed E-state index contributed by atoms with van der Waals surface area (Å²) in [5.74, 6) is 2.26. The molecule has 43 heavy (non-hydrogen) atoms. The van der Waals surface area contributed by atoms with Gasteiger partial charge in [-0.05, 0) is 74.8 Å². The Morgan fingerprint density at radius 3 is 2.60 bits per heavy atom. The summed E-state index contributed by atoms with van der Waals surface area (Å²) in [4.78, 5) is 25.7. The van der Waals surface area contributed by atoms with Crippen LogP contribution in [0.2, 0.25) is 0 Å². The SMILES string of the molecule is CCS(=O)(=O)N1CC(n2c(-c3cc4cccnc4n3CC3CC3)nc3cc(C(=O)N4C[C@H]5CC[C@@H]4[C@@H]5N)cc(OC)c32)C1. The molecule has 12 heteroatoms. The van der Waals surface area contributed by atoms with Gasteiger partial charge >= 0.3 is 0 Å². The summed E-state index contributed by atoms with van der Waals surface area (Å²) in [6, 6.07) is 9.77. The number of hydrogen-bond donors (Lipinski definition) is 1. The summed E-state index contributed by atoms with van der Waals surface area (Å²) < 4.78 is 37.2. The van der Waals surface area contributed by atoms with Crippen LogP contribution >= 0.6 is 0 Å². The number of piperidine rings is 1. The van der Waals surface area contributed by atoms with Crippen LogP contribution in [0.4, 0.5) is 0 Å². The molecule has 4 aromatic rings. The van der Waals surface area contributed by atoms with Gasteiger partial charge in [0.15, 0.2) is 5.82 Å². The number of carbonyl (C=O) groups excluding carboxylic acids is 1. The lowest BCUT2D eigenvalue weighted by Gasteiger charge is -2.39. The van der Waals surface area contributed by atoms with Crippen molar-refractivity contribution in [3.8, 4) is 17.3 Å². The number of sulfonamides is 1. The van der Waals surface area contributed by atoms with Crippen LogP contribution in [0.5, 0.6) is 5.75 Å². The average molecular weight is 604 g/mol. The van der Waals surface area contributed by atoms with Crippen LogP contribution in [0.1, 0.15) is 49.0 Å². The number of pyridine rings is 1. The minimum Gasteiger partial charge on any atom is -0.494 e. The van der Waals surface area contributed by atoms with E-state index in [1.54, 1.807) is 14.0 Å². The number of ether oxygens (including phenoxy) is 1. The smallest absolute Gasteiger partial charge is 0.254 e. The van der Waals surface area contributed by atoms with E-state index in [0.29, 0.717) is 48.3 Å². The van der Waals surface area contributed by atoms with Crippen LogP contribution < -0.4 is 10.5 Å². The van der Waals surface area contributed by atoms with Gasteiger partial charge in [-0.2, -0.15) is 4.31 Å². The first-order valence-corrected chi connectivity index (χ1v) is 17.0. The molecular formula is C31H37N7O4S. The van der Waals surface area contributed by atoms with Crippen LogP contribution in [0.15, 0.2) is 36.5 Å². The van der Waals surface area contributed by atoms with E-state index in [0.717, 1.165) is 47.5 Å². The number of nitrogens with two attached hydrogens (primary N) is 1. The van der Waals surface area contributed by atoms with Crippen molar-refractivity contribution in [2.75, 3.05) is 32.5 Å². The van der Waals surface area contributed by atoms with E-state index >= 15 is 0 Å². The molecule has 0 unspecified atom stereocenters. The first-order chi connectivity index (χ1) is 20.8. The number of nitrogens with zero attached hydrogens (tertiary/aromatic N) is 6. The highest BCUT2D eigenvalue weighted by Gasteiger charge is 2.47. The maximum Gasteiger partial charge on any atom is 0.254 e. The van der Waals surface area contributed by atoms with Gasteiger partial charge in [-0.3, -0.25) is 4.79 Å². The predicted octanol–water partition coefficient (Wildman–Crippen LogP) is 3.24. The molecule has 0 spiro atoms. The summed E-state index contributed by atoms with van der Waals surface area (Å²) in [6.07, 6.45) is 6.21. The Bertz CT molecular complexity index is 1870. The van der Waals surface area contributed by atoms with Crippen molar-refractivity contribution in [2.45, 2.75) is 57.3 Å². The van der Waals surface area contributed by atoms with Crippen molar-refractivity contribution >= 4 is 38.0 Å². The van der Waals surface area contributed by atoms with Crippen LogP contribution in [-0.2, 0) is 16.6 Å². The van der Waals surface area contributed by atoms with Gasteiger partial charge in [0.1, 0.15) is 16.9 Å². The second kappa shape index (κ2) is 9.76. The maximum absolute atomic E-state index is 13.8. The molecule has 3 atom stereocenters. The van der Waals surface area contributed by atoms with Gasteiger partial charge in [0.2, 0.25) is 10.0 Å². The fourth-order valence-corrected chi connectivity index (χ4v) is 8.63. The number of imidazole rings is 1. The fraction of sp³-hybridized carbons (Fsp3) is 0.516. The number of likely N-dealkylation sites (tertiary alicyclic amines) is 1. The number of hydrogen-bond acceptors (Lipinski definition) is 7. The van der Waals surface area contributed by atoms with Crippen molar-refractivity contribution in [1.82, 2.24) is 28.3 Å². The number of amides is 1. The molecular weight excluding hydrogens is 566 g/mol. The first-order valence-electron chi connectivity index (χ1n) is 15.4. The Morgan fingerprint density at radius 2 is 1.93 bits per heavy atom. The summed E-state index contributed by atoms with van der Waals surface area (Å²) in [5.41, 5.74) is 10.2. The van der Waals surface area contributed by atoms with Gasteiger partial charge in [0.05, 0.1) is 30.1 Å². The zero-order valence-corrected chi connectivity index (χ0v) is 25.3. The summed E-state index contributed by atoms with van der Waals surface area (Å²) >= 11 is 0. The molecule has 4 aliphatic rings. The fourth-order valence-electron chi connectivity index (χ4n) is 7.46. The quantitative estimate of drug-likeness (QED) is 0.327. The van der Waals surface area contributed by atoms with Crippen molar-refractivity contribution in [1.29, 1.82) is 0 Å². The summed E-state index contributed by atoms with van der Waals surface area (Å²) in [6.45, 7) is 3.91. The van der Waals surface area contributed by atoms with Crippen molar-refractivity contribution < 1.29 is 17.9 Å². The van der Waals surface area contributed by atoms with Crippen molar-refractivity contribution in [2.24, 2.45) is 17.6 Å². The number of carbonyl (C=O) groups is 1. The minimum atomic E-state index is -3.31. The monoisotopic (exact) mass is 603 g/mol. The third-order valence-corrected chi connectivity index (χ3v) is 11.9. The zero-order valence-electron chi connectivity index (χ0n) is 24.5. The summed E-state index contributed by atoms with van der Waals surface area (Å²) in [7, 11) is -1.70. The number of methoxy groups -OCH3 is 1. The molecule has 2 bridgehead atoms. The average Bonchev–Trinajstić information content (AvgIpc) is 3.33. The molecule has 2 saturated heterocycles. The molecule has 226 valence electrons. The molecule has 2 aliphatic carbocycles. The molecule has 2 saturated carbocycles. The molecule has 5 heterocycles. The Morgan fingerprint density at radius 1 is 1.12 bits per heavy atom. The normalized spacial score (nSPS) is 24.3. The van der Waals surface area contributed by atoms with Gasteiger partial charge in [0, 0.05) is 55.4 Å². The Kier molecular flexibility index (Phi) is 6.15. The molecule has 2 N–H and O–H groups in total. The van der Waals surface area contributed by atoms with E-state index in [2.05, 4.69) is 21.3 Å². The lowest BCUT2D eigenvalue weighted by molar-refractivity contribution is 0.0700. The van der Waals surface area contributed by atoms with E-state index in [9.17, 15) is 13.2 Å². The standard InChI is InChI=1S/C31H37N7O4S/c1-3-43(40,41)35-16-22(17-35)38-28-23(11-21(13-26(28)42-2)31(39)37-15-20-8-9-24(37)27(20)32)34-30(38)25-12-19-5-4-10-33-29(19)36(25)14-18-6-7-18/h4-5,10-13,18,20,22,24,27H,3,6-9,14-17,32H2,1-2H3/t20-,24-,27-/m1/s1. The zero-order chi connectivity index (χ0) is 29.6. The molecule has 2 aliphatic heterocycles. The van der Waals surface area contributed by atoms with E-state index < -0.39 is 10.0 Å². The Balaban J connectivity index is 1.29. The molecule has 0 radical (unpaired) electrons. The molecule has 8 rings (SSSR count). The first kappa shape index (κ1) is 27.1. The van der Waals surface area contributed by atoms with E-state index in [-0.39, 0.29) is 29.8 Å². The molecule has 4 fully saturated rings. The number of benzene rings is 1. The summed E-state index contributed by atoms with van der Waals surface area (Å²) in [5, 5.41) is 1.03. The number of fused-ring (bicyclic) bond motifs is 4. The van der Waals surface area contributed by atoms with Crippen molar-refractivity contribution in [3.63, 3.8) is 0 Å². The maximum atomic E-state index is 13.8. The second-order valence-corrected chi connectivity index (χ2v) is 14.9. The second-order valence-electron chi connectivity index (χ2n) is 12.7. The lowest BCUT2D eigenvalue weighted by Crippen LogP contribution is -2.51. The predicted molar refractivity (Wildman–Crippen MR) is 163 cm³/mol. The van der Waals surface area contributed by atoms with Gasteiger partial charge in [-0.25, -0.2) is 18.4 Å². The Labute approximate surface area is 250 Å². The van der Waals surface area contributed by atoms with Crippen LogP contribution in [0.25, 0.3) is 33.6 Å². The van der Waals surface area contributed by atoms with E-state index in [1.165, 1.54) is 17.1 Å². The van der Waals surface area contributed by atoms with Crippen LogP contribution in [0.3, 0.4) is 0 Å². The largest absolute Gasteiger partial charge is 0.494 e. The third kappa shape index (κ3) is 4.21. The highest BCUT2D eigenvalue weighted by molar-refractivity contribution is 7.89.